The SMILES string of the molecule is CC(C)(CCCCOc1cc(-c2ccccc2)cc(-c2ccccc2)n1)CNC(=O)[C@H](CC(=O)O)NC(=O)c1ccc(N/N=C/c2ccccc2)nc1. The van der Waals surface area contributed by atoms with Crippen LogP contribution in [0.1, 0.15) is 55.5 Å². The summed E-state index contributed by atoms with van der Waals surface area (Å²) in [6.07, 6.45) is 4.78. The van der Waals surface area contributed by atoms with Crippen LogP contribution < -0.4 is 20.8 Å². The van der Waals surface area contributed by atoms with Crippen molar-refractivity contribution in [3.05, 3.63) is 133 Å². The van der Waals surface area contributed by atoms with Gasteiger partial charge < -0.3 is 20.5 Å². The first kappa shape index (κ1) is 37.9. The predicted octanol–water partition coefficient (Wildman–Crippen LogP) is 7.22. The molecule has 0 saturated carbocycles. The Labute approximate surface area is 309 Å². The monoisotopic (exact) mass is 712 g/mol. The first-order chi connectivity index (χ1) is 25.6. The molecule has 5 rings (SSSR count). The van der Waals surface area contributed by atoms with Gasteiger partial charge in [0.05, 0.1) is 30.5 Å². The van der Waals surface area contributed by atoms with Crippen molar-refractivity contribution >= 4 is 29.8 Å². The minimum absolute atomic E-state index is 0.173. The summed E-state index contributed by atoms with van der Waals surface area (Å²) in [6, 6.07) is 35.5. The van der Waals surface area contributed by atoms with Crippen LogP contribution in [0.5, 0.6) is 5.88 Å². The molecular weight excluding hydrogens is 668 g/mol. The molecule has 0 aliphatic carbocycles. The van der Waals surface area contributed by atoms with Crippen LogP contribution in [-0.2, 0) is 9.59 Å². The van der Waals surface area contributed by atoms with Crippen molar-refractivity contribution in [1.82, 2.24) is 20.6 Å². The Bertz CT molecular complexity index is 1910. The molecule has 3 aromatic carbocycles. The van der Waals surface area contributed by atoms with Crippen LogP contribution in [0, 0.1) is 5.41 Å². The number of amides is 2. The molecule has 5 aromatic rings. The number of carbonyl (C=O) groups excluding carboxylic acids is 2. The molecule has 0 aliphatic heterocycles. The van der Waals surface area contributed by atoms with Crippen LogP contribution in [0.3, 0.4) is 0 Å². The topological polar surface area (TPSA) is 155 Å². The fourth-order valence-corrected chi connectivity index (χ4v) is 5.49. The number of hydrogen-bond acceptors (Lipinski definition) is 8. The van der Waals surface area contributed by atoms with E-state index in [0.29, 0.717) is 24.8 Å². The van der Waals surface area contributed by atoms with E-state index in [2.05, 4.69) is 44.3 Å². The molecule has 0 radical (unpaired) electrons. The quantitative estimate of drug-likeness (QED) is 0.0422. The van der Waals surface area contributed by atoms with Gasteiger partial charge in [-0.1, -0.05) is 105 Å². The molecule has 53 heavy (non-hydrogen) atoms. The third kappa shape index (κ3) is 12.1. The lowest BCUT2D eigenvalue weighted by atomic mass is 9.87. The first-order valence-electron chi connectivity index (χ1n) is 17.5. The highest BCUT2D eigenvalue weighted by atomic mass is 16.5. The van der Waals surface area contributed by atoms with Crippen molar-refractivity contribution in [1.29, 1.82) is 0 Å². The molecule has 11 nitrogen and oxygen atoms in total. The standard InChI is InChI=1S/C42H44N6O5/c1-42(2,22-12-13-23-53-38-25-34(31-16-8-4-9-17-31)24-35(46-38)32-18-10-5-11-19-32)29-44-41(52)36(26-39(49)50)47-40(51)33-20-21-37(43-28-33)48-45-27-30-14-6-3-7-15-30/h3-11,14-21,24-25,27-28,36H,12-13,22-23,26,29H2,1-2H3,(H,43,48)(H,44,52)(H,47,51)(H,49,50)/b45-27+/t36-/m0/s1. The number of carbonyl (C=O) groups is 3. The summed E-state index contributed by atoms with van der Waals surface area (Å²) in [4.78, 5) is 46.6. The van der Waals surface area contributed by atoms with Crippen LogP contribution in [0.15, 0.2) is 127 Å². The number of pyridine rings is 2. The second-order valence-corrected chi connectivity index (χ2v) is 13.3. The second kappa shape index (κ2) is 18.8. The van der Waals surface area contributed by atoms with E-state index in [9.17, 15) is 19.5 Å². The average Bonchev–Trinajstić information content (AvgIpc) is 3.17. The van der Waals surface area contributed by atoms with Crippen LogP contribution in [-0.4, -0.2) is 58.3 Å². The largest absolute Gasteiger partial charge is 0.481 e. The molecule has 0 aliphatic rings. The zero-order valence-electron chi connectivity index (χ0n) is 29.9. The van der Waals surface area contributed by atoms with Gasteiger partial charge in [-0.25, -0.2) is 9.97 Å². The van der Waals surface area contributed by atoms with Crippen molar-refractivity contribution < 1.29 is 24.2 Å². The van der Waals surface area contributed by atoms with Crippen molar-refractivity contribution in [2.45, 2.75) is 45.6 Å². The molecule has 2 amide bonds. The summed E-state index contributed by atoms with van der Waals surface area (Å²) in [6.45, 7) is 4.83. The Morgan fingerprint density at radius 2 is 1.53 bits per heavy atom. The molecule has 2 aromatic heterocycles. The third-order valence-corrected chi connectivity index (χ3v) is 8.44. The summed E-state index contributed by atoms with van der Waals surface area (Å²) in [5, 5.41) is 19.0. The number of hydrazone groups is 1. The number of anilines is 1. The van der Waals surface area contributed by atoms with Crippen molar-refractivity contribution in [3.8, 4) is 28.3 Å². The minimum atomic E-state index is -1.27. The van der Waals surface area contributed by atoms with Gasteiger partial charge in [-0.3, -0.25) is 19.8 Å². The number of hydrogen-bond donors (Lipinski definition) is 4. The lowest BCUT2D eigenvalue weighted by Gasteiger charge is -2.26. The number of nitrogens with one attached hydrogen (secondary N) is 3. The van der Waals surface area contributed by atoms with E-state index in [0.717, 1.165) is 47.2 Å². The van der Waals surface area contributed by atoms with Gasteiger partial charge in [0.1, 0.15) is 11.9 Å². The van der Waals surface area contributed by atoms with E-state index >= 15 is 0 Å². The van der Waals surface area contributed by atoms with Gasteiger partial charge in [0.2, 0.25) is 11.8 Å². The van der Waals surface area contributed by atoms with E-state index in [1.54, 1.807) is 12.3 Å². The van der Waals surface area contributed by atoms with Gasteiger partial charge >= 0.3 is 5.97 Å². The molecule has 0 fully saturated rings. The lowest BCUT2D eigenvalue weighted by molar-refractivity contribution is -0.139. The van der Waals surface area contributed by atoms with Gasteiger partial charge in [0.25, 0.3) is 5.91 Å². The Hall–Kier alpha value is -6.36. The third-order valence-electron chi connectivity index (χ3n) is 8.44. The Morgan fingerprint density at radius 1 is 0.849 bits per heavy atom. The van der Waals surface area contributed by atoms with Gasteiger partial charge in [-0.15, -0.1) is 0 Å². The van der Waals surface area contributed by atoms with Crippen LogP contribution in [0.25, 0.3) is 22.4 Å². The highest BCUT2D eigenvalue weighted by molar-refractivity contribution is 5.98. The number of unbranched alkanes of at least 4 members (excludes halogenated alkanes) is 1. The molecule has 272 valence electrons. The van der Waals surface area contributed by atoms with Crippen LogP contribution in [0.4, 0.5) is 5.82 Å². The fourth-order valence-electron chi connectivity index (χ4n) is 5.49. The smallest absolute Gasteiger partial charge is 0.305 e. The number of benzene rings is 3. The van der Waals surface area contributed by atoms with Crippen LogP contribution >= 0.6 is 0 Å². The first-order valence-corrected chi connectivity index (χ1v) is 17.5. The zero-order chi connectivity index (χ0) is 37.5. The molecular formula is C42H44N6O5. The maximum atomic E-state index is 13.1. The summed E-state index contributed by atoms with van der Waals surface area (Å²) >= 11 is 0. The number of aliphatic carboxylic acids is 1. The van der Waals surface area contributed by atoms with E-state index in [1.165, 1.54) is 12.3 Å². The molecule has 0 unspecified atom stereocenters. The highest BCUT2D eigenvalue weighted by Gasteiger charge is 2.27. The maximum absolute atomic E-state index is 13.1. The Morgan fingerprint density at radius 3 is 2.19 bits per heavy atom. The minimum Gasteiger partial charge on any atom is -0.481 e. The maximum Gasteiger partial charge on any atom is 0.305 e. The number of aromatic nitrogens is 2. The van der Waals surface area contributed by atoms with Gasteiger partial charge in [-0.05, 0) is 59.6 Å². The van der Waals surface area contributed by atoms with Gasteiger partial charge in [0, 0.05) is 24.4 Å². The highest BCUT2D eigenvalue weighted by Crippen LogP contribution is 2.29. The number of rotatable bonds is 18. The van der Waals surface area contributed by atoms with E-state index in [4.69, 9.17) is 9.72 Å². The number of carboxylic acid groups (broad SMARTS) is 1. The average molecular weight is 713 g/mol. The Balaban J connectivity index is 1.09. The fraction of sp³-hybridized carbons (Fsp3) is 0.238. The zero-order valence-corrected chi connectivity index (χ0v) is 29.9. The van der Waals surface area contributed by atoms with Crippen molar-refractivity contribution in [2.75, 3.05) is 18.6 Å². The van der Waals surface area contributed by atoms with Gasteiger partial charge in [0.15, 0.2) is 0 Å². The van der Waals surface area contributed by atoms with Crippen molar-refractivity contribution in [3.63, 3.8) is 0 Å². The van der Waals surface area contributed by atoms with Crippen LogP contribution in [0.2, 0.25) is 0 Å². The molecule has 2 heterocycles. The molecule has 4 N–H and O–H groups in total. The summed E-state index contributed by atoms with van der Waals surface area (Å²) in [7, 11) is 0. The predicted molar refractivity (Wildman–Crippen MR) is 207 cm³/mol. The Kier molecular flexibility index (Phi) is 13.4. The molecule has 11 heteroatoms. The number of ether oxygens (including phenoxy) is 1. The summed E-state index contributed by atoms with van der Waals surface area (Å²) in [5.41, 5.74) is 7.52. The van der Waals surface area contributed by atoms with E-state index < -0.39 is 30.2 Å². The number of nitrogens with zero attached hydrogens (tertiary/aromatic N) is 3. The lowest BCUT2D eigenvalue weighted by Crippen LogP contribution is -2.49. The molecule has 0 bridgehead atoms. The van der Waals surface area contributed by atoms with E-state index in [1.807, 2.05) is 98.8 Å². The normalized spacial score (nSPS) is 11.8. The summed E-state index contributed by atoms with van der Waals surface area (Å²) < 4.78 is 6.13. The second-order valence-electron chi connectivity index (χ2n) is 13.3. The summed E-state index contributed by atoms with van der Waals surface area (Å²) in [5.74, 6) is -1.43. The molecule has 0 saturated heterocycles. The van der Waals surface area contributed by atoms with Gasteiger partial charge in [-0.2, -0.15) is 5.10 Å². The van der Waals surface area contributed by atoms with E-state index in [-0.39, 0.29) is 11.0 Å². The van der Waals surface area contributed by atoms with Crippen molar-refractivity contribution in [2.24, 2.45) is 10.5 Å². The molecule has 0 spiro atoms. The molecule has 1 atom stereocenters. The number of carboxylic acids is 1.